The van der Waals surface area contributed by atoms with Gasteiger partial charge in [-0.3, -0.25) is 0 Å². The molecule has 0 radical (unpaired) electrons. The van der Waals surface area contributed by atoms with E-state index < -0.39 is 0 Å². The Morgan fingerprint density at radius 2 is 1.12 bits per heavy atom. The smallest absolute Gasteiger partial charge is 0.0620 e. The molecule has 26 heavy (non-hydrogen) atoms. The number of hydrogen-bond donors (Lipinski definition) is 0. The van der Waals surface area contributed by atoms with E-state index in [-0.39, 0.29) is 0 Å². The first-order valence-electron chi connectivity index (χ1n) is 8.75. The Balaban J connectivity index is 1.91. The van der Waals surface area contributed by atoms with E-state index in [1.165, 1.54) is 49.2 Å². The zero-order valence-corrected chi connectivity index (χ0v) is 15.5. The van der Waals surface area contributed by atoms with Crippen LogP contribution in [0.4, 0.5) is 0 Å². The monoisotopic (exact) mass is 395 g/mol. The van der Waals surface area contributed by atoms with Gasteiger partial charge in [0.15, 0.2) is 0 Å². The van der Waals surface area contributed by atoms with Gasteiger partial charge < -0.3 is 4.40 Å². The topological polar surface area (TPSA) is 4.41 Å². The Hall–Kier alpha value is -2.84. The van der Waals surface area contributed by atoms with Gasteiger partial charge in [0.25, 0.3) is 0 Å². The first-order chi connectivity index (χ1) is 12.8. The molecule has 0 saturated carbocycles. The molecule has 0 N–H and O–H groups in total. The number of fused-ring (bicyclic) bond motifs is 6. The van der Waals surface area contributed by atoms with Crippen molar-refractivity contribution < 1.29 is 0 Å². The van der Waals surface area contributed by atoms with Crippen LogP contribution in [0.25, 0.3) is 49.2 Å². The van der Waals surface area contributed by atoms with Gasteiger partial charge in [-0.15, -0.1) is 0 Å². The fourth-order valence-corrected chi connectivity index (χ4v) is 4.81. The molecular formula is C24H14BrN. The lowest BCUT2D eigenvalue weighted by atomic mass is 9.99. The Kier molecular flexibility index (Phi) is 2.81. The SMILES string of the molecule is Brc1ccccc1-c1cc2c3ccccc3n3c4ccccc4c(c1)c23. The third-order valence-corrected chi connectivity index (χ3v) is 6.08. The lowest BCUT2D eigenvalue weighted by Gasteiger charge is -2.06. The van der Waals surface area contributed by atoms with Crippen LogP contribution in [0.3, 0.4) is 0 Å². The Morgan fingerprint density at radius 3 is 1.73 bits per heavy atom. The average molecular weight is 396 g/mol. The Labute approximate surface area is 158 Å². The van der Waals surface area contributed by atoms with Crippen molar-refractivity contribution in [3.8, 4) is 11.1 Å². The van der Waals surface area contributed by atoms with Crippen molar-refractivity contribution in [3.63, 3.8) is 0 Å². The normalized spacial score (nSPS) is 12.0. The van der Waals surface area contributed by atoms with E-state index in [0.29, 0.717) is 0 Å². The van der Waals surface area contributed by atoms with Gasteiger partial charge in [0.05, 0.1) is 16.6 Å². The zero-order valence-electron chi connectivity index (χ0n) is 13.9. The minimum atomic E-state index is 1.13. The van der Waals surface area contributed by atoms with Crippen LogP contribution in [-0.4, -0.2) is 4.40 Å². The van der Waals surface area contributed by atoms with Crippen LogP contribution in [0.5, 0.6) is 0 Å². The third kappa shape index (κ3) is 1.75. The first kappa shape index (κ1) is 14.3. The fourth-order valence-electron chi connectivity index (χ4n) is 4.30. The predicted octanol–water partition coefficient (Wildman–Crippen LogP) is 7.27. The van der Waals surface area contributed by atoms with E-state index >= 15 is 0 Å². The summed E-state index contributed by atoms with van der Waals surface area (Å²) >= 11 is 3.72. The van der Waals surface area contributed by atoms with E-state index in [9.17, 15) is 0 Å². The van der Waals surface area contributed by atoms with Crippen molar-refractivity contribution in [2.75, 3.05) is 0 Å². The van der Waals surface area contributed by atoms with Gasteiger partial charge in [-0.25, -0.2) is 0 Å². The van der Waals surface area contributed by atoms with Crippen molar-refractivity contribution in [3.05, 3.63) is 89.4 Å². The van der Waals surface area contributed by atoms with Crippen LogP contribution >= 0.6 is 15.9 Å². The number of halogens is 1. The summed E-state index contributed by atoms with van der Waals surface area (Å²) in [5.41, 5.74) is 6.35. The van der Waals surface area contributed by atoms with Crippen molar-refractivity contribution in [1.82, 2.24) is 4.40 Å². The summed E-state index contributed by atoms with van der Waals surface area (Å²) in [6.45, 7) is 0. The molecule has 0 bridgehead atoms. The molecule has 6 aromatic rings. The molecule has 0 saturated heterocycles. The van der Waals surface area contributed by atoms with E-state index in [4.69, 9.17) is 0 Å². The number of nitrogens with zero attached hydrogens (tertiary/aromatic N) is 1. The van der Waals surface area contributed by atoms with Gasteiger partial charge in [0, 0.05) is 26.0 Å². The highest BCUT2D eigenvalue weighted by atomic mass is 79.9. The number of benzene rings is 4. The second-order valence-electron chi connectivity index (χ2n) is 6.77. The lowest BCUT2D eigenvalue weighted by Crippen LogP contribution is -1.81. The molecule has 1 nitrogen and oxygen atoms in total. The van der Waals surface area contributed by atoms with Crippen LogP contribution in [0, 0.1) is 0 Å². The molecule has 0 aliphatic carbocycles. The molecule has 0 unspecified atom stereocenters. The second kappa shape index (κ2) is 5.09. The van der Waals surface area contributed by atoms with Crippen molar-refractivity contribution in [1.29, 1.82) is 0 Å². The Bertz CT molecular complexity index is 1360. The van der Waals surface area contributed by atoms with Gasteiger partial charge in [0.1, 0.15) is 0 Å². The maximum Gasteiger partial charge on any atom is 0.0620 e. The van der Waals surface area contributed by atoms with E-state index in [1.807, 2.05) is 0 Å². The Morgan fingerprint density at radius 1 is 0.577 bits per heavy atom. The van der Waals surface area contributed by atoms with E-state index in [0.717, 1.165) is 4.47 Å². The van der Waals surface area contributed by atoms with Gasteiger partial charge >= 0.3 is 0 Å². The molecule has 0 aliphatic heterocycles. The van der Waals surface area contributed by atoms with Crippen LogP contribution < -0.4 is 0 Å². The molecule has 6 rings (SSSR count). The summed E-state index contributed by atoms with van der Waals surface area (Å²) < 4.78 is 3.54. The molecule has 0 amide bonds. The maximum absolute atomic E-state index is 3.72. The highest BCUT2D eigenvalue weighted by Crippen LogP contribution is 2.42. The number of rotatable bonds is 1. The molecule has 0 spiro atoms. The number of aromatic nitrogens is 1. The van der Waals surface area contributed by atoms with Crippen LogP contribution in [0.1, 0.15) is 0 Å². The van der Waals surface area contributed by atoms with Crippen molar-refractivity contribution in [2.24, 2.45) is 0 Å². The van der Waals surface area contributed by atoms with Crippen LogP contribution in [0.15, 0.2) is 89.4 Å². The van der Waals surface area contributed by atoms with Gasteiger partial charge in [-0.2, -0.15) is 0 Å². The zero-order chi connectivity index (χ0) is 17.3. The van der Waals surface area contributed by atoms with E-state index in [1.54, 1.807) is 0 Å². The number of para-hydroxylation sites is 2. The van der Waals surface area contributed by atoms with E-state index in [2.05, 4.69) is 105 Å². The molecule has 4 aromatic carbocycles. The summed E-state index contributed by atoms with van der Waals surface area (Å²) in [5.74, 6) is 0. The van der Waals surface area contributed by atoms with Crippen LogP contribution in [0.2, 0.25) is 0 Å². The third-order valence-electron chi connectivity index (χ3n) is 5.39. The highest BCUT2D eigenvalue weighted by molar-refractivity contribution is 9.10. The summed E-state index contributed by atoms with van der Waals surface area (Å²) in [5, 5.41) is 5.26. The maximum atomic E-state index is 3.72. The largest absolute Gasteiger partial charge is 0.308 e. The second-order valence-corrected chi connectivity index (χ2v) is 7.62. The summed E-state index contributed by atoms with van der Waals surface area (Å²) in [6.07, 6.45) is 0. The summed E-state index contributed by atoms with van der Waals surface area (Å²) in [4.78, 5) is 0. The van der Waals surface area contributed by atoms with Crippen molar-refractivity contribution >= 4 is 54.0 Å². The highest BCUT2D eigenvalue weighted by Gasteiger charge is 2.18. The van der Waals surface area contributed by atoms with Crippen molar-refractivity contribution in [2.45, 2.75) is 0 Å². The van der Waals surface area contributed by atoms with Crippen LogP contribution in [-0.2, 0) is 0 Å². The summed E-state index contributed by atoms with van der Waals surface area (Å²) in [6, 6.07) is 30.5. The number of hydrogen-bond acceptors (Lipinski definition) is 0. The van der Waals surface area contributed by atoms with Gasteiger partial charge in [-0.1, -0.05) is 70.5 Å². The minimum absolute atomic E-state index is 1.13. The quantitative estimate of drug-likeness (QED) is 0.275. The first-order valence-corrected chi connectivity index (χ1v) is 9.54. The molecule has 2 heteroatoms. The van der Waals surface area contributed by atoms with Gasteiger partial charge in [-0.05, 0) is 41.5 Å². The van der Waals surface area contributed by atoms with Gasteiger partial charge in [0.2, 0.25) is 0 Å². The molecule has 0 aliphatic rings. The molecule has 2 heterocycles. The minimum Gasteiger partial charge on any atom is -0.308 e. The standard InChI is InChI=1S/C24H14BrN/c25-21-10-4-1-7-16(21)15-13-19-17-8-2-5-11-22(17)26-23-12-6-3-9-18(23)20(14-15)24(19)26/h1-14H. The lowest BCUT2D eigenvalue weighted by molar-refractivity contribution is 1.37. The molecule has 122 valence electrons. The molecular weight excluding hydrogens is 382 g/mol. The average Bonchev–Trinajstić information content (AvgIpc) is 3.19. The molecule has 0 fully saturated rings. The predicted molar refractivity (Wildman–Crippen MR) is 114 cm³/mol. The molecule has 0 atom stereocenters. The molecule has 2 aromatic heterocycles. The fraction of sp³-hybridized carbons (Fsp3) is 0. The summed E-state index contributed by atoms with van der Waals surface area (Å²) in [7, 11) is 0.